The number of hydrogen-bond acceptors (Lipinski definition) is 3. The van der Waals surface area contributed by atoms with E-state index >= 15 is 0 Å². The van der Waals surface area contributed by atoms with Crippen LogP contribution in [0.1, 0.15) is 0 Å². The minimum Gasteiger partial charge on any atom is -0.226 e. The van der Waals surface area contributed by atoms with Crippen molar-refractivity contribution in [1.29, 1.82) is 0 Å². The fourth-order valence-electron chi connectivity index (χ4n) is 1.72. The molecule has 0 aliphatic rings. The third kappa shape index (κ3) is 2.66. The summed E-state index contributed by atoms with van der Waals surface area (Å²) >= 11 is 10.0. The van der Waals surface area contributed by atoms with Crippen molar-refractivity contribution in [3.63, 3.8) is 0 Å². The van der Waals surface area contributed by atoms with Gasteiger partial charge < -0.3 is 0 Å². The summed E-state index contributed by atoms with van der Waals surface area (Å²) in [6.45, 7) is 0. The van der Waals surface area contributed by atoms with Crippen LogP contribution in [0.5, 0.6) is 0 Å². The van der Waals surface area contributed by atoms with Gasteiger partial charge in [0.2, 0.25) is 0 Å². The lowest BCUT2D eigenvalue weighted by atomic mass is 10.1. The molecule has 0 fully saturated rings. The van der Waals surface area contributed by atoms with Crippen molar-refractivity contribution in [2.45, 2.75) is 0 Å². The van der Waals surface area contributed by atoms with E-state index < -0.39 is 0 Å². The summed E-state index contributed by atoms with van der Waals surface area (Å²) in [7, 11) is 0. The fraction of sp³-hybridized carbons (Fsp3) is 0. The summed E-state index contributed by atoms with van der Waals surface area (Å²) in [6.07, 6.45) is 0. The first-order valence-corrected chi connectivity index (χ1v) is 7.91. The zero-order valence-electron chi connectivity index (χ0n) is 9.68. The van der Waals surface area contributed by atoms with Gasteiger partial charge in [0, 0.05) is 5.56 Å². The molecule has 0 aliphatic carbocycles. The molecule has 5 heteroatoms. The topological polar surface area (TPSA) is 25.8 Å². The maximum Gasteiger partial charge on any atom is 0.171 e. The molecule has 0 atom stereocenters. The van der Waals surface area contributed by atoms with Crippen molar-refractivity contribution in [1.82, 2.24) is 9.97 Å². The number of hydrogen-bond donors (Lipinski definition) is 0. The molecule has 0 spiro atoms. The van der Waals surface area contributed by atoms with Crippen molar-refractivity contribution < 1.29 is 0 Å². The van der Waals surface area contributed by atoms with Gasteiger partial charge in [-0.05, 0) is 34.0 Å². The Labute approximate surface area is 133 Å². The number of halogens is 2. The Morgan fingerprint density at radius 1 is 1.00 bits per heavy atom. The van der Waals surface area contributed by atoms with Crippen LogP contribution in [-0.4, -0.2) is 9.97 Å². The molecule has 0 radical (unpaired) electrons. The van der Waals surface area contributed by atoms with E-state index in [1.807, 2.05) is 47.8 Å². The van der Waals surface area contributed by atoms with Crippen LogP contribution >= 0.6 is 45.5 Å². The Balaban J connectivity index is 2.20. The van der Waals surface area contributed by atoms with Gasteiger partial charge >= 0.3 is 0 Å². The average Bonchev–Trinajstić information content (AvgIpc) is 2.97. The second-order valence-corrected chi connectivity index (χ2v) is 6.23. The quantitative estimate of drug-likeness (QED) is 0.442. The van der Waals surface area contributed by atoms with E-state index in [0.717, 1.165) is 19.7 Å². The van der Waals surface area contributed by atoms with Gasteiger partial charge in [-0.2, -0.15) is 0 Å². The van der Waals surface area contributed by atoms with Gasteiger partial charge in [0.25, 0.3) is 0 Å². The van der Waals surface area contributed by atoms with Crippen molar-refractivity contribution in [3.05, 3.63) is 56.6 Å². The summed E-state index contributed by atoms with van der Waals surface area (Å²) in [6, 6.07) is 14.0. The van der Waals surface area contributed by atoms with Crippen LogP contribution in [0.2, 0.25) is 5.15 Å². The second kappa shape index (κ2) is 5.56. The normalized spacial score (nSPS) is 10.6. The lowest BCUT2D eigenvalue weighted by Gasteiger charge is -2.07. The molecule has 2 aromatic heterocycles. The first-order chi connectivity index (χ1) is 9.25. The Hall–Kier alpha value is -0.980. The number of nitrogens with zero attached hydrogens (tertiary/aromatic N) is 2. The molecule has 3 rings (SSSR count). The van der Waals surface area contributed by atoms with Crippen LogP contribution in [0.3, 0.4) is 0 Å². The molecular weight excluding hydrogens is 391 g/mol. The molecule has 94 valence electrons. The van der Waals surface area contributed by atoms with Crippen molar-refractivity contribution in [2.24, 2.45) is 0 Å². The predicted octanol–water partition coefficient (Wildman–Crippen LogP) is 5.13. The lowest BCUT2D eigenvalue weighted by molar-refractivity contribution is 1.17. The molecule has 0 N–H and O–H groups in total. The minimum atomic E-state index is 0.498. The summed E-state index contributed by atoms with van der Waals surface area (Å²) < 4.78 is 0.880. The number of aromatic nitrogens is 2. The molecule has 0 bridgehead atoms. The Kier molecular flexibility index (Phi) is 3.81. The standard InChI is InChI=1S/C14H8ClIN2S/c15-13-11(16)12(9-5-2-1-3-6-9)17-14(18-13)10-7-4-8-19-10/h1-8H. The van der Waals surface area contributed by atoms with Gasteiger partial charge in [-0.15, -0.1) is 11.3 Å². The zero-order valence-corrected chi connectivity index (χ0v) is 13.4. The Bertz CT molecular complexity index is 699. The molecule has 1 aromatic carbocycles. The molecule has 19 heavy (non-hydrogen) atoms. The van der Waals surface area contributed by atoms with Crippen LogP contribution in [0, 0.1) is 3.57 Å². The van der Waals surface area contributed by atoms with E-state index in [1.54, 1.807) is 11.3 Å². The monoisotopic (exact) mass is 398 g/mol. The average molecular weight is 399 g/mol. The number of thiophene rings is 1. The molecule has 0 saturated carbocycles. The summed E-state index contributed by atoms with van der Waals surface area (Å²) in [5.41, 5.74) is 1.93. The highest BCUT2D eigenvalue weighted by molar-refractivity contribution is 14.1. The van der Waals surface area contributed by atoms with Crippen LogP contribution in [0.15, 0.2) is 47.8 Å². The van der Waals surface area contributed by atoms with Gasteiger partial charge in [-0.25, -0.2) is 9.97 Å². The Morgan fingerprint density at radius 2 is 1.79 bits per heavy atom. The summed E-state index contributed by atoms with van der Waals surface area (Å²) in [5, 5.41) is 2.50. The number of rotatable bonds is 2. The molecule has 2 nitrogen and oxygen atoms in total. The smallest absolute Gasteiger partial charge is 0.171 e. The van der Waals surface area contributed by atoms with Gasteiger partial charge in [0.05, 0.1) is 14.1 Å². The SMILES string of the molecule is Clc1nc(-c2cccs2)nc(-c2ccccc2)c1I. The molecule has 0 amide bonds. The molecule has 3 aromatic rings. The maximum atomic E-state index is 6.23. The number of benzene rings is 1. The van der Waals surface area contributed by atoms with Crippen LogP contribution in [0.4, 0.5) is 0 Å². The Morgan fingerprint density at radius 3 is 2.47 bits per heavy atom. The van der Waals surface area contributed by atoms with Crippen LogP contribution in [-0.2, 0) is 0 Å². The highest BCUT2D eigenvalue weighted by Gasteiger charge is 2.13. The van der Waals surface area contributed by atoms with Crippen molar-refractivity contribution in [3.8, 4) is 22.0 Å². The fourth-order valence-corrected chi connectivity index (χ4v) is 3.10. The molecule has 0 aliphatic heterocycles. The van der Waals surface area contributed by atoms with E-state index in [0.29, 0.717) is 11.0 Å². The molecule has 0 unspecified atom stereocenters. The highest BCUT2D eigenvalue weighted by atomic mass is 127. The van der Waals surface area contributed by atoms with Gasteiger partial charge in [0.1, 0.15) is 5.15 Å². The van der Waals surface area contributed by atoms with Crippen molar-refractivity contribution in [2.75, 3.05) is 0 Å². The summed E-state index contributed by atoms with van der Waals surface area (Å²) in [5.74, 6) is 0.680. The molecule has 2 heterocycles. The van der Waals surface area contributed by atoms with E-state index in [-0.39, 0.29) is 0 Å². The van der Waals surface area contributed by atoms with Gasteiger partial charge in [-0.1, -0.05) is 48.0 Å². The zero-order chi connectivity index (χ0) is 13.2. The highest BCUT2D eigenvalue weighted by Crippen LogP contribution is 2.31. The van der Waals surface area contributed by atoms with E-state index in [4.69, 9.17) is 11.6 Å². The maximum absolute atomic E-state index is 6.23. The predicted molar refractivity (Wildman–Crippen MR) is 88.5 cm³/mol. The van der Waals surface area contributed by atoms with E-state index in [9.17, 15) is 0 Å². The lowest BCUT2D eigenvalue weighted by Crippen LogP contribution is -1.96. The summed E-state index contributed by atoms with van der Waals surface area (Å²) in [4.78, 5) is 10.0. The first-order valence-electron chi connectivity index (χ1n) is 5.58. The molecule has 0 saturated heterocycles. The van der Waals surface area contributed by atoms with Crippen LogP contribution < -0.4 is 0 Å². The first kappa shape index (κ1) is 13.0. The third-order valence-electron chi connectivity index (χ3n) is 2.60. The largest absolute Gasteiger partial charge is 0.226 e. The van der Waals surface area contributed by atoms with Gasteiger partial charge in [-0.3, -0.25) is 0 Å². The van der Waals surface area contributed by atoms with Gasteiger partial charge in [0.15, 0.2) is 5.82 Å². The molecular formula is C14H8ClIN2S. The minimum absolute atomic E-state index is 0.498. The van der Waals surface area contributed by atoms with Crippen LogP contribution in [0.25, 0.3) is 22.0 Å². The van der Waals surface area contributed by atoms with E-state index in [2.05, 4.69) is 32.6 Å². The second-order valence-electron chi connectivity index (χ2n) is 3.84. The third-order valence-corrected chi connectivity index (χ3v) is 5.08. The van der Waals surface area contributed by atoms with E-state index in [1.165, 1.54) is 0 Å². The van der Waals surface area contributed by atoms with Crippen molar-refractivity contribution >= 4 is 45.5 Å².